The Kier molecular flexibility index (Phi) is 5.31. The number of carbonyl (C=O) groups is 2. The van der Waals surface area contributed by atoms with Gasteiger partial charge in [0.1, 0.15) is 6.04 Å². The second-order valence-corrected chi connectivity index (χ2v) is 3.94. The van der Waals surface area contributed by atoms with Gasteiger partial charge in [-0.3, -0.25) is 4.79 Å². The molecular formula is C13H12F3NO3. The highest BCUT2D eigenvalue weighted by atomic mass is 19.4. The van der Waals surface area contributed by atoms with Gasteiger partial charge in [0, 0.05) is 18.7 Å². The lowest BCUT2D eigenvalue weighted by Crippen LogP contribution is -2.35. The number of carboxylic acids is 1. The van der Waals surface area contributed by atoms with Gasteiger partial charge in [-0.15, -0.1) is 0 Å². The number of allylic oxidation sites excluding steroid dienone is 1. The Morgan fingerprint density at radius 3 is 2.35 bits per heavy atom. The van der Waals surface area contributed by atoms with Gasteiger partial charge in [-0.2, -0.15) is 13.2 Å². The molecule has 0 radical (unpaired) electrons. The fraction of sp³-hybridized carbons (Fsp3) is 0.231. The third kappa shape index (κ3) is 5.13. The zero-order chi connectivity index (χ0) is 15.2. The predicted octanol–water partition coefficient (Wildman–Crippen LogP) is 1.92. The molecule has 1 aromatic carbocycles. The first-order valence-electron chi connectivity index (χ1n) is 5.61. The number of carbonyl (C=O) groups excluding carboxylic acids is 1. The van der Waals surface area contributed by atoms with Gasteiger partial charge in [-0.25, -0.2) is 4.79 Å². The van der Waals surface area contributed by atoms with Crippen molar-refractivity contribution in [1.29, 1.82) is 0 Å². The summed E-state index contributed by atoms with van der Waals surface area (Å²) in [5.74, 6) is -3.27. The van der Waals surface area contributed by atoms with Gasteiger partial charge in [0.2, 0.25) is 0 Å². The Balaban J connectivity index is 2.63. The number of nitrogens with one attached hydrogen (secondary N) is 1. The van der Waals surface area contributed by atoms with Crippen molar-refractivity contribution in [2.45, 2.75) is 18.6 Å². The lowest BCUT2D eigenvalue weighted by molar-refractivity contribution is -0.165. The Hall–Kier alpha value is -2.31. The number of aliphatic carboxylic acids is 1. The molecule has 0 bridgehead atoms. The average molecular weight is 287 g/mol. The van der Waals surface area contributed by atoms with Crippen LogP contribution in [0.15, 0.2) is 42.6 Å². The van der Waals surface area contributed by atoms with Crippen LogP contribution in [0.1, 0.15) is 5.56 Å². The summed E-state index contributed by atoms with van der Waals surface area (Å²) in [4.78, 5) is 21.5. The minimum absolute atomic E-state index is 0.0840. The largest absolute Gasteiger partial charge is 0.480 e. The summed E-state index contributed by atoms with van der Waals surface area (Å²) in [5, 5.41) is 11.2. The van der Waals surface area contributed by atoms with Crippen LogP contribution < -0.4 is 5.32 Å². The minimum Gasteiger partial charge on any atom is -0.480 e. The molecule has 0 saturated carbocycles. The fourth-order valence-electron chi connectivity index (χ4n) is 1.40. The van der Waals surface area contributed by atoms with Crippen molar-refractivity contribution < 1.29 is 27.9 Å². The topological polar surface area (TPSA) is 66.4 Å². The molecule has 0 aliphatic rings. The lowest BCUT2D eigenvalue weighted by Gasteiger charge is -2.12. The van der Waals surface area contributed by atoms with Crippen molar-refractivity contribution in [3.63, 3.8) is 0 Å². The third-order valence-electron chi connectivity index (χ3n) is 2.39. The summed E-state index contributed by atoms with van der Waals surface area (Å²) in [6.07, 6.45) is -3.91. The summed E-state index contributed by atoms with van der Waals surface area (Å²) in [7, 11) is 0. The van der Waals surface area contributed by atoms with E-state index in [0.717, 1.165) is 0 Å². The first-order chi connectivity index (χ1) is 9.30. The number of benzene rings is 1. The van der Waals surface area contributed by atoms with E-state index in [2.05, 4.69) is 5.32 Å². The van der Waals surface area contributed by atoms with E-state index in [0.29, 0.717) is 11.8 Å². The number of rotatable bonds is 6. The lowest BCUT2D eigenvalue weighted by atomic mass is 10.1. The molecule has 0 aliphatic heterocycles. The quantitative estimate of drug-likeness (QED) is 0.784. The molecule has 1 rings (SSSR count). The Morgan fingerprint density at radius 1 is 1.25 bits per heavy atom. The zero-order valence-electron chi connectivity index (χ0n) is 10.2. The summed E-state index contributed by atoms with van der Waals surface area (Å²) >= 11 is 0. The van der Waals surface area contributed by atoms with Crippen LogP contribution in [0.3, 0.4) is 0 Å². The van der Waals surface area contributed by atoms with Crippen LogP contribution in [-0.4, -0.2) is 29.1 Å². The average Bonchev–Trinajstić information content (AvgIpc) is 2.37. The molecule has 0 aliphatic carbocycles. The number of halogens is 3. The van der Waals surface area contributed by atoms with E-state index in [1.54, 1.807) is 30.3 Å². The van der Waals surface area contributed by atoms with Crippen molar-refractivity contribution in [1.82, 2.24) is 5.32 Å². The smallest absolute Gasteiger partial charge is 0.454 e. The van der Waals surface area contributed by atoms with E-state index >= 15 is 0 Å². The van der Waals surface area contributed by atoms with E-state index in [1.807, 2.05) is 0 Å². The van der Waals surface area contributed by atoms with Crippen LogP contribution >= 0.6 is 0 Å². The molecule has 0 spiro atoms. The van der Waals surface area contributed by atoms with E-state index in [4.69, 9.17) is 5.11 Å². The fourth-order valence-corrected chi connectivity index (χ4v) is 1.40. The van der Waals surface area contributed by atoms with Crippen LogP contribution in [0.4, 0.5) is 13.2 Å². The molecule has 0 unspecified atom stereocenters. The highest BCUT2D eigenvalue weighted by Gasteiger charge is 2.36. The van der Waals surface area contributed by atoms with Gasteiger partial charge >= 0.3 is 12.1 Å². The highest BCUT2D eigenvalue weighted by Crippen LogP contribution is 2.16. The molecule has 7 heteroatoms. The number of ketones is 1. The van der Waals surface area contributed by atoms with Gasteiger partial charge in [0.05, 0.1) is 0 Å². The predicted molar refractivity (Wildman–Crippen MR) is 64.9 cm³/mol. The zero-order valence-corrected chi connectivity index (χ0v) is 10.2. The van der Waals surface area contributed by atoms with Crippen molar-refractivity contribution in [2.75, 3.05) is 0 Å². The molecule has 0 aromatic heterocycles. The van der Waals surface area contributed by atoms with Crippen LogP contribution in [0, 0.1) is 0 Å². The van der Waals surface area contributed by atoms with Gasteiger partial charge in [0.15, 0.2) is 0 Å². The molecule has 0 amide bonds. The normalized spacial score (nSPS) is 13.2. The number of alkyl halides is 3. The molecule has 1 aromatic rings. The summed E-state index contributed by atoms with van der Waals surface area (Å²) < 4.78 is 35.8. The maximum Gasteiger partial charge on any atom is 0.454 e. The van der Waals surface area contributed by atoms with Crippen LogP contribution in [-0.2, 0) is 16.0 Å². The summed E-state index contributed by atoms with van der Waals surface area (Å²) in [6.45, 7) is 0. The molecule has 2 N–H and O–H groups in total. The maximum absolute atomic E-state index is 11.9. The van der Waals surface area contributed by atoms with Crippen molar-refractivity contribution in [3.8, 4) is 0 Å². The van der Waals surface area contributed by atoms with Crippen LogP contribution in [0.5, 0.6) is 0 Å². The highest BCUT2D eigenvalue weighted by molar-refractivity contribution is 5.94. The second kappa shape index (κ2) is 6.74. The van der Waals surface area contributed by atoms with Gasteiger partial charge in [-0.1, -0.05) is 30.3 Å². The Morgan fingerprint density at radius 2 is 1.85 bits per heavy atom. The summed E-state index contributed by atoms with van der Waals surface area (Å²) in [5.41, 5.74) is 0.711. The van der Waals surface area contributed by atoms with Crippen molar-refractivity contribution >= 4 is 11.8 Å². The van der Waals surface area contributed by atoms with E-state index in [1.165, 1.54) is 0 Å². The maximum atomic E-state index is 11.9. The Bertz CT molecular complexity index is 497. The van der Waals surface area contributed by atoms with Gasteiger partial charge in [0.25, 0.3) is 5.78 Å². The standard InChI is InChI=1S/C13H12F3NO3/c14-13(15,16)11(18)6-7-17-10(12(19)20)8-9-4-2-1-3-5-9/h1-7,10,17H,8H2,(H,19,20)/t10-/m0/s1. The Labute approximate surface area is 112 Å². The van der Waals surface area contributed by atoms with Gasteiger partial charge < -0.3 is 10.4 Å². The van der Waals surface area contributed by atoms with Crippen LogP contribution in [0.2, 0.25) is 0 Å². The van der Waals surface area contributed by atoms with Crippen molar-refractivity contribution in [2.24, 2.45) is 0 Å². The molecule has 4 nitrogen and oxygen atoms in total. The first kappa shape index (κ1) is 15.7. The second-order valence-electron chi connectivity index (χ2n) is 3.94. The third-order valence-corrected chi connectivity index (χ3v) is 2.39. The molecule has 20 heavy (non-hydrogen) atoms. The number of hydrogen-bond acceptors (Lipinski definition) is 3. The van der Waals surface area contributed by atoms with E-state index < -0.39 is 24.0 Å². The van der Waals surface area contributed by atoms with E-state index in [-0.39, 0.29) is 12.5 Å². The molecule has 0 fully saturated rings. The SMILES string of the molecule is O=C(O)[C@H](Cc1ccccc1)NC=CC(=O)C(F)(F)F. The molecule has 0 heterocycles. The monoisotopic (exact) mass is 287 g/mol. The number of carboxylic acid groups (broad SMARTS) is 1. The van der Waals surface area contributed by atoms with Gasteiger partial charge in [-0.05, 0) is 5.56 Å². The molecule has 108 valence electrons. The molecular weight excluding hydrogens is 275 g/mol. The number of hydrogen-bond donors (Lipinski definition) is 2. The molecule has 1 atom stereocenters. The van der Waals surface area contributed by atoms with E-state index in [9.17, 15) is 22.8 Å². The van der Waals surface area contributed by atoms with Crippen molar-refractivity contribution in [3.05, 3.63) is 48.2 Å². The first-order valence-corrected chi connectivity index (χ1v) is 5.61. The molecule has 0 saturated heterocycles. The summed E-state index contributed by atoms with van der Waals surface area (Å²) in [6, 6.07) is 7.47. The van der Waals surface area contributed by atoms with Crippen LogP contribution in [0.25, 0.3) is 0 Å². The minimum atomic E-state index is -4.96.